The summed E-state index contributed by atoms with van der Waals surface area (Å²) in [6, 6.07) is 10.4. The van der Waals surface area contributed by atoms with Crippen LogP contribution in [0.3, 0.4) is 0 Å². The Labute approximate surface area is 200 Å². The Hall–Kier alpha value is -2.58. The number of fused-ring (bicyclic) bond motifs is 1. The zero-order valence-corrected chi connectivity index (χ0v) is 20.0. The van der Waals surface area contributed by atoms with E-state index in [-0.39, 0.29) is 26.2 Å². The number of nitrogens with zero attached hydrogens (tertiary/aromatic N) is 1. The molecule has 0 bridgehead atoms. The Morgan fingerprint density at radius 2 is 1.88 bits per heavy atom. The number of thioether (sulfide) groups is 1. The topological polar surface area (TPSA) is 139 Å². The molecule has 3 amide bonds. The average Bonchev–Trinajstić information content (AvgIpc) is 3.16. The van der Waals surface area contributed by atoms with Crippen LogP contribution in [0, 0.1) is 0 Å². The van der Waals surface area contributed by atoms with Crippen LogP contribution in [-0.4, -0.2) is 37.0 Å². The number of nitrogens with one attached hydrogen (secondary N) is 2. The molecule has 0 unspecified atom stereocenters. The zero-order valence-electron chi connectivity index (χ0n) is 15.9. The third-order valence-electron chi connectivity index (χ3n) is 4.59. The van der Waals surface area contributed by atoms with Crippen LogP contribution in [0.15, 0.2) is 56.7 Å². The first-order valence-electron chi connectivity index (χ1n) is 8.86. The molecule has 0 radical (unpaired) electrons. The van der Waals surface area contributed by atoms with Gasteiger partial charge in [0.25, 0.3) is 11.8 Å². The fourth-order valence-electron chi connectivity index (χ4n) is 3.23. The van der Waals surface area contributed by atoms with E-state index < -0.39 is 27.7 Å². The maximum Gasteiger partial charge on any atom is 0.264 e. The van der Waals surface area contributed by atoms with Gasteiger partial charge in [-0.05, 0) is 42.5 Å². The summed E-state index contributed by atoms with van der Waals surface area (Å²) in [5, 5.41) is 10.2. The maximum atomic E-state index is 13.2. The number of thiocarbonyl (C=S) groups is 1. The van der Waals surface area contributed by atoms with E-state index >= 15 is 0 Å². The fraction of sp³-hybridized carbons (Fsp3) is 0.0526. The minimum absolute atomic E-state index is 0.0914. The first kappa shape index (κ1) is 22.6. The number of anilines is 2. The Morgan fingerprint density at radius 3 is 2.47 bits per heavy atom. The van der Waals surface area contributed by atoms with Crippen molar-refractivity contribution in [3.63, 3.8) is 0 Å². The standard InChI is InChI=1S/C19H13BrN4O5S3/c20-9-1-6-13-12(7-9)15(16-17(26)23-19(30)31-16)18(27)24(13)8-14(25)22-10-2-4-11(5-3-10)32(21,28)29/h1-7H,8H2,(H,22,25)(H2,21,28,29)(H,23,26,30)/b16-15+. The van der Waals surface area contributed by atoms with Crippen molar-refractivity contribution < 1.29 is 22.8 Å². The number of benzene rings is 2. The second-order valence-electron chi connectivity index (χ2n) is 6.72. The van der Waals surface area contributed by atoms with Crippen LogP contribution in [-0.2, 0) is 24.4 Å². The average molecular weight is 553 g/mol. The van der Waals surface area contributed by atoms with Crippen LogP contribution in [0.5, 0.6) is 0 Å². The Morgan fingerprint density at radius 1 is 1.19 bits per heavy atom. The summed E-state index contributed by atoms with van der Waals surface area (Å²) in [6.07, 6.45) is 0. The second kappa shape index (κ2) is 8.41. The molecule has 4 rings (SSSR count). The maximum absolute atomic E-state index is 13.2. The lowest BCUT2D eigenvalue weighted by Crippen LogP contribution is -2.35. The van der Waals surface area contributed by atoms with Crippen molar-refractivity contribution in [2.75, 3.05) is 16.8 Å². The highest BCUT2D eigenvalue weighted by Crippen LogP contribution is 2.43. The molecule has 2 aliphatic rings. The molecule has 2 aliphatic heterocycles. The number of rotatable bonds is 4. The van der Waals surface area contributed by atoms with Crippen LogP contribution in [0.1, 0.15) is 5.56 Å². The molecular weight excluding hydrogens is 540 g/mol. The highest BCUT2D eigenvalue weighted by molar-refractivity contribution is 9.10. The van der Waals surface area contributed by atoms with Crippen LogP contribution in [0.2, 0.25) is 0 Å². The van der Waals surface area contributed by atoms with Gasteiger partial charge in [-0.3, -0.25) is 19.3 Å². The first-order valence-corrected chi connectivity index (χ1v) is 12.4. The number of sulfonamides is 1. The molecule has 4 N–H and O–H groups in total. The van der Waals surface area contributed by atoms with E-state index in [1.165, 1.54) is 29.2 Å². The molecule has 1 fully saturated rings. The summed E-state index contributed by atoms with van der Waals surface area (Å²) in [6.45, 7) is -0.322. The van der Waals surface area contributed by atoms with Gasteiger partial charge in [0, 0.05) is 15.7 Å². The van der Waals surface area contributed by atoms with Crippen LogP contribution < -0.4 is 20.7 Å². The molecule has 13 heteroatoms. The zero-order chi connectivity index (χ0) is 23.2. The van der Waals surface area contributed by atoms with E-state index in [0.29, 0.717) is 21.4 Å². The normalized spacial score (nSPS) is 18.1. The number of amides is 3. The van der Waals surface area contributed by atoms with E-state index in [0.717, 1.165) is 11.8 Å². The minimum Gasteiger partial charge on any atom is -0.325 e. The van der Waals surface area contributed by atoms with Gasteiger partial charge in [0.2, 0.25) is 15.9 Å². The van der Waals surface area contributed by atoms with E-state index in [9.17, 15) is 22.8 Å². The summed E-state index contributed by atoms with van der Waals surface area (Å²) >= 11 is 9.39. The monoisotopic (exact) mass is 552 g/mol. The van der Waals surface area contributed by atoms with Gasteiger partial charge in [-0.1, -0.05) is 39.9 Å². The lowest BCUT2D eigenvalue weighted by molar-refractivity contribution is -0.118. The molecule has 0 saturated carbocycles. The smallest absolute Gasteiger partial charge is 0.264 e. The van der Waals surface area contributed by atoms with Gasteiger partial charge >= 0.3 is 0 Å². The number of carbonyl (C=O) groups excluding carboxylic acids is 3. The molecule has 2 aromatic carbocycles. The quantitative estimate of drug-likeness (QED) is 0.389. The summed E-state index contributed by atoms with van der Waals surface area (Å²) in [7, 11) is -3.85. The second-order valence-corrected chi connectivity index (χ2v) is 10.9. The van der Waals surface area contributed by atoms with Gasteiger partial charge < -0.3 is 10.6 Å². The predicted molar refractivity (Wildman–Crippen MR) is 128 cm³/mol. The molecule has 2 heterocycles. The molecule has 0 aliphatic carbocycles. The Balaban J connectivity index is 1.61. The summed E-state index contributed by atoms with van der Waals surface area (Å²) in [4.78, 5) is 39.5. The number of nitrogens with two attached hydrogens (primary N) is 1. The minimum atomic E-state index is -3.85. The summed E-state index contributed by atoms with van der Waals surface area (Å²) < 4.78 is 23.7. The van der Waals surface area contributed by atoms with Crippen molar-refractivity contribution in [2.45, 2.75) is 4.90 Å². The van der Waals surface area contributed by atoms with Crippen LogP contribution >= 0.6 is 39.9 Å². The molecule has 9 nitrogen and oxygen atoms in total. The van der Waals surface area contributed by atoms with E-state index in [1.807, 2.05) is 0 Å². The number of hydrogen-bond donors (Lipinski definition) is 3. The van der Waals surface area contributed by atoms with Crippen molar-refractivity contribution >= 4 is 88.9 Å². The SMILES string of the molecule is NS(=O)(=O)c1ccc(NC(=O)CN2C(=O)/C(=C3/SC(=S)NC3=O)c3cc(Br)ccc32)cc1. The molecule has 0 atom stereocenters. The van der Waals surface area contributed by atoms with Gasteiger partial charge in [0.05, 0.1) is 21.1 Å². The van der Waals surface area contributed by atoms with Gasteiger partial charge in [-0.2, -0.15) is 0 Å². The Kier molecular flexibility index (Phi) is 5.94. The third-order valence-corrected chi connectivity index (χ3v) is 7.25. The van der Waals surface area contributed by atoms with Crippen molar-refractivity contribution in [3.05, 3.63) is 57.4 Å². The van der Waals surface area contributed by atoms with E-state index in [1.54, 1.807) is 18.2 Å². The number of primary sulfonamides is 1. The van der Waals surface area contributed by atoms with E-state index in [2.05, 4.69) is 26.6 Å². The molecule has 32 heavy (non-hydrogen) atoms. The van der Waals surface area contributed by atoms with Gasteiger partial charge in [0.15, 0.2) is 0 Å². The van der Waals surface area contributed by atoms with Crippen molar-refractivity contribution in [2.24, 2.45) is 5.14 Å². The van der Waals surface area contributed by atoms with Gasteiger partial charge in [-0.15, -0.1) is 0 Å². The first-order chi connectivity index (χ1) is 15.0. The largest absolute Gasteiger partial charge is 0.325 e. The van der Waals surface area contributed by atoms with Crippen molar-refractivity contribution in [3.8, 4) is 0 Å². The highest BCUT2D eigenvalue weighted by Gasteiger charge is 2.39. The fourth-order valence-corrected chi connectivity index (χ4v) is 5.22. The number of hydrogen-bond acceptors (Lipinski definition) is 7. The Bertz CT molecular complexity index is 1340. The highest BCUT2D eigenvalue weighted by atomic mass is 79.9. The number of halogens is 1. The van der Waals surface area contributed by atoms with Crippen LogP contribution in [0.4, 0.5) is 11.4 Å². The lowest BCUT2D eigenvalue weighted by atomic mass is 10.1. The molecular formula is C19H13BrN4O5S3. The molecule has 2 aromatic rings. The van der Waals surface area contributed by atoms with Gasteiger partial charge in [-0.25, -0.2) is 13.6 Å². The predicted octanol–water partition coefficient (Wildman–Crippen LogP) is 1.94. The van der Waals surface area contributed by atoms with E-state index in [4.69, 9.17) is 17.4 Å². The molecule has 0 spiro atoms. The van der Waals surface area contributed by atoms with Crippen molar-refractivity contribution in [1.29, 1.82) is 0 Å². The molecule has 0 aromatic heterocycles. The molecule has 164 valence electrons. The lowest BCUT2D eigenvalue weighted by Gasteiger charge is -2.17. The summed E-state index contributed by atoms with van der Waals surface area (Å²) in [5.74, 6) is -1.48. The van der Waals surface area contributed by atoms with Crippen LogP contribution in [0.25, 0.3) is 5.57 Å². The van der Waals surface area contributed by atoms with Crippen molar-refractivity contribution in [1.82, 2.24) is 5.32 Å². The number of carbonyl (C=O) groups is 3. The third kappa shape index (κ3) is 4.34. The van der Waals surface area contributed by atoms with Gasteiger partial charge in [0.1, 0.15) is 10.9 Å². The summed E-state index contributed by atoms with van der Waals surface area (Å²) in [5.41, 5.74) is 1.50. The molecule has 1 saturated heterocycles.